The van der Waals surface area contributed by atoms with Crippen LogP contribution in [0, 0.1) is 5.92 Å². The van der Waals surface area contributed by atoms with E-state index >= 15 is 0 Å². The molecule has 1 unspecified atom stereocenters. The fourth-order valence-corrected chi connectivity index (χ4v) is 2.05. The number of rotatable bonds is 3. The third-order valence-corrected chi connectivity index (χ3v) is 3.12. The molecule has 1 heterocycles. The van der Waals surface area contributed by atoms with Crippen molar-refractivity contribution in [1.29, 1.82) is 0 Å². The number of hydrogen-bond acceptors (Lipinski definition) is 3. The summed E-state index contributed by atoms with van der Waals surface area (Å²) in [7, 11) is 1.47. The Labute approximate surface area is 86.4 Å². The fourth-order valence-electron chi connectivity index (χ4n) is 2.05. The van der Waals surface area contributed by atoms with Crippen molar-refractivity contribution in [2.75, 3.05) is 20.2 Å². The van der Waals surface area contributed by atoms with Gasteiger partial charge < -0.3 is 4.74 Å². The first-order valence-corrected chi connectivity index (χ1v) is 5.51. The predicted molar refractivity (Wildman–Crippen MR) is 56.1 cm³/mol. The van der Waals surface area contributed by atoms with Crippen LogP contribution in [0.1, 0.15) is 33.1 Å². The van der Waals surface area contributed by atoms with Crippen LogP contribution in [0.2, 0.25) is 0 Å². The number of carbonyl (C=O) groups is 1. The lowest BCUT2D eigenvalue weighted by Crippen LogP contribution is -2.45. The topological polar surface area (TPSA) is 29.5 Å². The Bertz CT molecular complexity index is 186. The van der Waals surface area contributed by atoms with E-state index in [1.54, 1.807) is 0 Å². The second kappa shape index (κ2) is 5.35. The van der Waals surface area contributed by atoms with Gasteiger partial charge in [-0.2, -0.15) is 0 Å². The van der Waals surface area contributed by atoms with Gasteiger partial charge in [0.25, 0.3) is 0 Å². The molecule has 0 saturated carbocycles. The van der Waals surface area contributed by atoms with Crippen LogP contribution in [-0.2, 0) is 9.53 Å². The first-order valence-electron chi connectivity index (χ1n) is 5.51. The van der Waals surface area contributed by atoms with E-state index in [1.807, 2.05) is 6.92 Å². The zero-order chi connectivity index (χ0) is 10.6. The molecule has 0 aliphatic carbocycles. The van der Waals surface area contributed by atoms with Crippen LogP contribution in [0.25, 0.3) is 0 Å². The molecule has 3 nitrogen and oxygen atoms in total. The van der Waals surface area contributed by atoms with Crippen molar-refractivity contribution >= 4 is 5.97 Å². The van der Waals surface area contributed by atoms with Gasteiger partial charge in [0.15, 0.2) is 0 Å². The number of carbonyl (C=O) groups excluding carboxylic acids is 1. The maximum absolute atomic E-state index is 11.5. The van der Waals surface area contributed by atoms with Crippen LogP contribution in [0.5, 0.6) is 0 Å². The largest absolute Gasteiger partial charge is 0.468 e. The molecule has 0 bridgehead atoms. The van der Waals surface area contributed by atoms with E-state index in [-0.39, 0.29) is 12.0 Å². The number of methoxy groups -OCH3 is 1. The van der Waals surface area contributed by atoms with E-state index in [4.69, 9.17) is 4.74 Å². The number of likely N-dealkylation sites (tertiary alicyclic amines) is 1. The molecule has 0 amide bonds. The summed E-state index contributed by atoms with van der Waals surface area (Å²) in [6, 6.07) is -0.0208. The highest BCUT2D eigenvalue weighted by Crippen LogP contribution is 2.19. The molecule has 14 heavy (non-hydrogen) atoms. The molecule has 1 saturated heterocycles. The van der Waals surface area contributed by atoms with Crippen LogP contribution in [0.3, 0.4) is 0 Å². The van der Waals surface area contributed by atoms with Gasteiger partial charge in [-0.25, -0.2) is 0 Å². The maximum Gasteiger partial charge on any atom is 0.323 e. The van der Waals surface area contributed by atoms with Gasteiger partial charge in [-0.3, -0.25) is 9.69 Å². The van der Waals surface area contributed by atoms with Crippen molar-refractivity contribution < 1.29 is 9.53 Å². The highest BCUT2D eigenvalue weighted by atomic mass is 16.5. The molecule has 0 spiro atoms. The Balaban J connectivity index is 2.48. The van der Waals surface area contributed by atoms with Crippen molar-refractivity contribution in [3.8, 4) is 0 Å². The molecular weight excluding hydrogens is 178 g/mol. The zero-order valence-corrected chi connectivity index (χ0v) is 9.45. The minimum atomic E-state index is -0.0814. The van der Waals surface area contributed by atoms with Gasteiger partial charge in [-0.05, 0) is 38.3 Å². The smallest absolute Gasteiger partial charge is 0.323 e. The van der Waals surface area contributed by atoms with Gasteiger partial charge in [-0.15, -0.1) is 0 Å². The van der Waals surface area contributed by atoms with Crippen LogP contribution in [0.15, 0.2) is 0 Å². The average Bonchev–Trinajstić information content (AvgIpc) is 2.21. The Hall–Kier alpha value is -0.570. The minimum Gasteiger partial charge on any atom is -0.468 e. The maximum atomic E-state index is 11.5. The van der Waals surface area contributed by atoms with Crippen LogP contribution in [-0.4, -0.2) is 37.1 Å². The van der Waals surface area contributed by atoms with Gasteiger partial charge in [0.05, 0.1) is 7.11 Å². The third kappa shape index (κ3) is 2.71. The van der Waals surface area contributed by atoms with Crippen molar-refractivity contribution in [2.45, 2.75) is 39.2 Å². The Kier molecular flexibility index (Phi) is 4.39. The van der Waals surface area contributed by atoms with E-state index in [0.717, 1.165) is 25.4 Å². The fraction of sp³-hybridized carbons (Fsp3) is 0.909. The van der Waals surface area contributed by atoms with Crippen molar-refractivity contribution in [2.24, 2.45) is 5.92 Å². The number of nitrogens with zero attached hydrogens (tertiary/aromatic N) is 1. The Morgan fingerprint density at radius 1 is 1.50 bits per heavy atom. The van der Waals surface area contributed by atoms with Crippen molar-refractivity contribution in [3.63, 3.8) is 0 Å². The summed E-state index contributed by atoms with van der Waals surface area (Å²) in [5.74, 6) is 0.725. The molecule has 1 aliphatic heterocycles. The molecule has 0 aromatic heterocycles. The predicted octanol–water partition coefficient (Wildman–Crippen LogP) is 1.67. The lowest BCUT2D eigenvalue weighted by Gasteiger charge is -2.34. The standard InChI is InChI=1S/C11H21NO2/c1-4-10(11(13)14-3)12-7-5-9(2)6-8-12/h9-10H,4-8H2,1-3H3. The number of piperidine rings is 1. The van der Waals surface area contributed by atoms with Crippen molar-refractivity contribution in [3.05, 3.63) is 0 Å². The van der Waals surface area contributed by atoms with Crippen LogP contribution >= 0.6 is 0 Å². The van der Waals surface area contributed by atoms with E-state index in [0.29, 0.717) is 0 Å². The van der Waals surface area contributed by atoms with Gasteiger partial charge in [-0.1, -0.05) is 13.8 Å². The number of ether oxygens (including phenoxy) is 1. The third-order valence-electron chi connectivity index (χ3n) is 3.12. The summed E-state index contributed by atoms with van der Waals surface area (Å²) in [6.07, 6.45) is 3.25. The lowest BCUT2D eigenvalue weighted by molar-refractivity contribution is -0.147. The summed E-state index contributed by atoms with van der Waals surface area (Å²) in [5.41, 5.74) is 0. The van der Waals surface area contributed by atoms with E-state index in [2.05, 4.69) is 11.8 Å². The lowest BCUT2D eigenvalue weighted by atomic mass is 9.97. The summed E-state index contributed by atoms with van der Waals surface area (Å²) in [4.78, 5) is 13.7. The molecule has 3 heteroatoms. The molecule has 0 N–H and O–H groups in total. The van der Waals surface area contributed by atoms with Gasteiger partial charge in [0, 0.05) is 0 Å². The number of hydrogen-bond donors (Lipinski definition) is 0. The minimum absolute atomic E-state index is 0.0208. The molecule has 1 atom stereocenters. The SMILES string of the molecule is CCC(C(=O)OC)N1CCC(C)CC1. The molecule has 82 valence electrons. The first kappa shape index (κ1) is 11.5. The number of esters is 1. The average molecular weight is 199 g/mol. The van der Waals surface area contributed by atoms with Gasteiger partial charge >= 0.3 is 5.97 Å². The normalized spacial score (nSPS) is 21.9. The van der Waals surface area contributed by atoms with Crippen LogP contribution < -0.4 is 0 Å². The quantitative estimate of drug-likeness (QED) is 0.648. The van der Waals surface area contributed by atoms with E-state index < -0.39 is 0 Å². The monoisotopic (exact) mass is 199 g/mol. The molecule has 0 aromatic rings. The molecular formula is C11H21NO2. The Morgan fingerprint density at radius 3 is 2.50 bits per heavy atom. The highest BCUT2D eigenvalue weighted by molar-refractivity contribution is 5.75. The molecule has 1 rings (SSSR count). The van der Waals surface area contributed by atoms with Gasteiger partial charge in [0.2, 0.25) is 0 Å². The van der Waals surface area contributed by atoms with E-state index in [1.165, 1.54) is 20.0 Å². The summed E-state index contributed by atoms with van der Waals surface area (Å²) >= 11 is 0. The van der Waals surface area contributed by atoms with Crippen LogP contribution in [0.4, 0.5) is 0 Å². The Morgan fingerprint density at radius 2 is 2.07 bits per heavy atom. The highest BCUT2D eigenvalue weighted by Gasteiger charge is 2.27. The zero-order valence-electron chi connectivity index (χ0n) is 9.45. The molecule has 1 fully saturated rings. The van der Waals surface area contributed by atoms with E-state index in [9.17, 15) is 4.79 Å². The summed E-state index contributed by atoms with van der Waals surface area (Å²) in [5, 5.41) is 0. The van der Waals surface area contributed by atoms with Gasteiger partial charge in [0.1, 0.15) is 6.04 Å². The first-order chi connectivity index (χ1) is 6.69. The van der Waals surface area contributed by atoms with Crippen molar-refractivity contribution in [1.82, 2.24) is 4.90 Å². The molecule has 0 aromatic carbocycles. The molecule has 0 radical (unpaired) electrons. The summed E-state index contributed by atoms with van der Waals surface area (Å²) < 4.78 is 4.80. The second-order valence-electron chi connectivity index (χ2n) is 4.17. The summed E-state index contributed by atoms with van der Waals surface area (Å²) in [6.45, 7) is 6.39. The molecule has 1 aliphatic rings. The second-order valence-corrected chi connectivity index (χ2v) is 4.17.